The Morgan fingerprint density at radius 2 is 1.76 bits per heavy atom. The fourth-order valence-corrected chi connectivity index (χ4v) is 3.34. The number of aryl methyl sites for hydroxylation is 1. The molecule has 0 unspecified atom stereocenters. The monoisotopic (exact) mass is 471 g/mol. The minimum atomic E-state index is -1.02. The van der Waals surface area contributed by atoms with E-state index in [0.717, 1.165) is 16.7 Å². The van der Waals surface area contributed by atoms with Gasteiger partial charge in [-0.2, -0.15) is 0 Å². The third kappa shape index (κ3) is 7.46. The molecule has 0 fully saturated rings. The maximum atomic E-state index is 12.7. The fraction of sp³-hybridized carbons (Fsp3) is 0.375. The Labute approximate surface area is 198 Å². The van der Waals surface area contributed by atoms with Crippen molar-refractivity contribution in [2.75, 3.05) is 25.9 Å². The Morgan fingerprint density at radius 3 is 2.41 bits per heavy atom. The molecular formula is C24H33N5O5. The number of nitrogens with one attached hydrogen (secondary N) is 2. The van der Waals surface area contributed by atoms with Crippen LogP contribution in [0.3, 0.4) is 0 Å². The van der Waals surface area contributed by atoms with E-state index in [0.29, 0.717) is 24.2 Å². The molecule has 0 aliphatic carbocycles. The number of nitrogen functional groups attached to an aromatic ring is 1. The SMILES string of the molecule is COC(=O)CNC(=O)[C@H](CCCN)NC(=O)[C@@H](N)Cc1cc(-c2ccc(N)c(C)c2)ccc1O. The molecule has 10 nitrogen and oxygen atoms in total. The Hall–Kier alpha value is -3.63. The molecule has 0 heterocycles. The summed E-state index contributed by atoms with van der Waals surface area (Å²) in [5, 5.41) is 15.3. The van der Waals surface area contributed by atoms with Crippen molar-refractivity contribution in [3.63, 3.8) is 0 Å². The second-order valence-corrected chi connectivity index (χ2v) is 8.01. The van der Waals surface area contributed by atoms with E-state index in [1.807, 2.05) is 25.1 Å². The third-order valence-electron chi connectivity index (χ3n) is 5.42. The Bertz CT molecular complexity index is 1030. The zero-order valence-electron chi connectivity index (χ0n) is 19.5. The molecule has 2 aromatic rings. The predicted octanol–water partition coefficient (Wildman–Crippen LogP) is 0.333. The normalized spacial score (nSPS) is 12.5. The van der Waals surface area contributed by atoms with Crippen molar-refractivity contribution in [2.45, 2.75) is 38.3 Å². The molecule has 0 aromatic heterocycles. The molecule has 10 heteroatoms. The highest BCUT2D eigenvalue weighted by Gasteiger charge is 2.24. The summed E-state index contributed by atoms with van der Waals surface area (Å²) in [7, 11) is 1.21. The lowest BCUT2D eigenvalue weighted by atomic mass is 9.97. The van der Waals surface area contributed by atoms with Gasteiger partial charge in [0.1, 0.15) is 18.3 Å². The molecule has 0 aliphatic rings. The van der Waals surface area contributed by atoms with Crippen LogP contribution in [0.5, 0.6) is 5.75 Å². The van der Waals surface area contributed by atoms with E-state index in [2.05, 4.69) is 15.4 Å². The first-order valence-corrected chi connectivity index (χ1v) is 10.9. The molecule has 0 saturated heterocycles. The van der Waals surface area contributed by atoms with Gasteiger partial charge in [-0.3, -0.25) is 14.4 Å². The molecule has 2 atom stereocenters. The molecule has 2 amide bonds. The zero-order chi connectivity index (χ0) is 25.3. The van der Waals surface area contributed by atoms with E-state index in [-0.39, 0.29) is 25.1 Å². The van der Waals surface area contributed by atoms with Crippen molar-refractivity contribution in [2.24, 2.45) is 11.5 Å². The molecule has 0 bridgehead atoms. The van der Waals surface area contributed by atoms with Gasteiger partial charge in [-0.1, -0.05) is 12.1 Å². The van der Waals surface area contributed by atoms with Gasteiger partial charge in [0.05, 0.1) is 13.2 Å². The predicted molar refractivity (Wildman–Crippen MR) is 130 cm³/mol. The summed E-state index contributed by atoms with van der Waals surface area (Å²) in [6.45, 7) is 1.92. The zero-order valence-corrected chi connectivity index (χ0v) is 19.5. The molecule has 2 aromatic carbocycles. The number of anilines is 1. The van der Waals surface area contributed by atoms with Crippen LogP contribution in [-0.2, 0) is 25.5 Å². The molecule has 34 heavy (non-hydrogen) atoms. The number of aromatic hydroxyl groups is 1. The van der Waals surface area contributed by atoms with Crippen molar-refractivity contribution >= 4 is 23.5 Å². The summed E-state index contributed by atoms with van der Waals surface area (Å²) >= 11 is 0. The van der Waals surface area contributed by atoms with E-state index in [1.54, 1.807) is 18.2 Å². The Kier molecular flexibility index (Phi) is 9.84. The van der Waals surface area contributed by atoms with Gasteiger partial charge in [-0.25, -0.2) is 0 Å². The number of ether oxygens (including phenoxy) is 1. The van der Waals surface area contributed by atoms with E-state index >= 15 is 0 Å². The lowest BCUT2D eigenvalue weighted by Crippen LogP contribution is -2.52. The molecule has 184 valence electrons. The molecule has 0 spiro atoms. The van der Waals surface area contributed by atoms with Gasteiger partial charge >= 0.3 is 5.97 Å². The fourth-order valence-electron chi connectivity index (χ4n) is 3.34. The Balaban J connectivity index is 2.11. The summed E-state index contributed by atoms with van der Waals surface area (Å²) < 4.78 is 4.50. The van der Waals surface area contributed by atoms with E-state index < -0.39 is 29.9 Å². The number of esters is 1. The number of methoxy groups -OCH3 is 1. The number of phenolic OH excluding ortho intramolecular Hbond substituents is 1. The van der Waals surface area contributed by atoms with Gasteiger partial charge in [0.15, 0.2) is 0 Å². The molecule has 0 radical (unpaired) electrons. The lowest BCUT2D eigenvalue weighted by molar-refractivity contribution is -0.141. The van der Waals surface area contributed by atoms with Crippen LogP contribution < -0.4 is 27.8 Å². The van der Waals surface area contributed by atoms with E-state index in [1.165, 1.54) is 7.11 Å². The van der Waals surface area contributed by atoms with Crippen LogP contribution >= 0.6 is 0 Å². The van der Waals surface area contributed by atoms with Crippen molar-refractivity contribution in [3.05, 3.63) is 47.5 Å². The van der Waals surface area contributed by atoms with Crippen molar-refractivity contribution in [1.29, 1.82) is 0 Å². The van der Waals surface area contributed by atoms with Gasteiger partial charge in [0.25, 0.3) is 0 Å². The summed E-state index contributed by atoms with van der Waals surface area (Å²) in [4.78, 5) is 36.5. The van der Waals surface area contributed by atoms with Gasteiger partial charge < -0.3 is 37.7 Å². The topological polar surface area (TPSA) is 183 Å². The Morgan fingerprint density at radius 1 is 1.09 bits per heavy atom. The number of carbonyl (C=O) groups is 3. The van der Waals surface area contributed by atoms with Crippen LogP contribution in [0.1, 0.15) is 24.0 Å². The summed E-state index contributed by atoms with van der Waals surface area (Å²) in [6, 6.07) is 8.76. The third-order valence-corrected chi connectivity index (χ3v) is 5.42. The van der Waals surface area contributed by atoms with Crippen molar-refractivity contribution in [3.8, 4) is 16.9 Å². The highest BCUT2D eigenvalue weighted by Crippen LogP contribution is 2.28. The van der Waals surface area contributed by atoms with E-state index in [4.69, 9.17) is 17.2 Å². The van der Waals surface area contributed by atoms with Crippen LogP contribution in [0.2, 0.25) is 0 Å². The molecule has 0 aliphatic heterocycles. The average molecular weight is 472 g/mol. The van der Waals surface area contributed by atoms with Gasteiger partial charge in [0, 0.05) is 12.1 Å². The number of nitrogens with two attached hydrogens (primary N) is 3. The first-order chi connectivity index (χ1) is 16.2. The van der Waals surface area contributed by atoms with Crippen LogP contribution in [0.4, 0.5) is 5.69 Å². The van der Waals surface area contributed by atoms with E-state index in [9.17, 15) is 19.5 Å². The van der Waals surface area contributed by atoms with Crippen LogP contribution in [-0.4, -0.2) is 55.2 Å². The minimum Gasteiger partial charge on any atom is -0.508 e. The second kappa shape index (κ2) is 12.6. The smallest absolute Gasteiger partial charge is 0.325 e. The number of hydrogen-bond acceptors (Lipinski definition) is 8. The lowest BCUT2D eigenvalue weighted by Gasteiger charge is -2.21. The first kappa shape index (κ1) is 26.6. The molecular weight excluding hydrogens is 438 g/mol. The molecule has 0 saturated carbocycles. The summed E-state index contributed by atoms with van der Waals surface area (Å²) in [5.41, 5.74) is 21.4. The number of benzene rings is 2. The number of hydrogen-bond donors (Lipinski definition) is 6. The van der Waals surface area contributed by atoms with Crippen molar-refractivity contribution < 1.29 is 24.2 Å². The minimum absolute atomic E-state index is 0.00895. The second-order valence-electron chi connectivity index (χ2n) is 8.01. The average Bonchev–Trinajstić information content (AvgIpc) is 2.82. The van der Waals surface area contributed by atoms with Gasteiger partial charge in [0.2, 0.25) is 11.8 Å². The quantitative estimate of drug-likeness (QED) is 0.200. The number of phenols is 1. The molecule has 9 N–H and O–H groups in total. The largest absolute Gasteiger partial charge is 0.508 e. The number of amides is 2. The maximum absolute atomic E-state index is 12.7. The van der Waals surface area contributed by atoms with Crippen LogP contribution in [0, 0.1) is 6.92 Å². The van der Waals surface area contributed by atoms with Gasteiger partial charge in [-0.05, 0) is 72.8 Å². The number of carbonyl (C=O) groups excluding carboxylic acids is 3. The van der Waals surface area contributed by atoms with Crippen LogP contribution in [0.25, 0.3) is 11.1 Å². The maximum Gasteiger partial charge on any atom is 0.325 e. The van der Waals surface area contributed by atoms with Crippen LogP contribution in [0.15, 0.2) is 36.4 Å². The molecule has 2 rings (SSSR count). The highest BCUT2D eigenvalue weighted by atomic mass is 16.5. The standard InChI is InChI=1S/C24H33N5O5/c1-14-10-15(5-7-18(14)26)16-6-8-21(30)17(11-16)12-19(27)23(32)29-20(4-3-9-25)24(33)28-13-22(31)34-2/h5-8,10-11,19-20,30H,3-4,9,12-13,25-27H2,1-2H3,(H,28,33)(H,29,32)/t19-,20-/m0/s1. The summed E-state index contributed by atoms with van der Waals surface area (Å²) in [5.74, 6) is -1.71. The van der Waals surface area contributed by atoms with Gasteiger partial charge in [-0.15, -0.1) is 0 Å². The highest BCUT2D eigenvalue weighted by molar-refractivity contribution is 5.91. The summed E-state index contributed by atoms with van der Waals surface area (Å²) in [6.07, 6.45) is 0.807. The first-order valence-electron chi connectivity index (χ1n) is 10.9. The van der Waals surface area contributed by atoms with Crippen molar-refractivity contribution in [1.82, 2.24) is 10.6 Å². The number of rotatable bonds is 11.